The van der Waals surface area contributed by atoms with Crippen molar-refractivity contribution in [1.82, 2.24) is 9.80 Å². The van der Waals surface area contributed by atoms with Crippen molar-refractivity contribution in [2.24, 2.45) is 5.92 Å². The van der Waals surface area contributed by atoms with Gasteiger partial charge in [-0.3, -0.25) is 4.90 Å². The molecule has 1 fully saturated rings. The van der Waals surface area contributed by atoms with Gasteiger partial charge in [0.2, 0.25) is 0 Å². The van der Waals surface area contributed by atoms with E-state index >= 15 is 0 Å². The minimum absolute atomic E-state index is 0.0478. The molecule has 6 nitrogen and oxygen atoms in total. The Bertz CT molecular complexity index is 949. The second-order valence-corrected chi connectivity index (χ2v) is 9.39. The van der Waals surface area contributed by atoms with Crippen LogP contribution in [-0.4, -0.2) is 65.8 Å². The normalized spacial score (nSPS) is 17.6. The largest absolute Gasteiger partial charge is 0.479 e. The van der Waals surface area contributed by atoms with Crippen LogP contribution in [0.25, 0.3) is 11.1 Å². The molecule has 6 heteroatoms. The second-order valence-electron chi connectivity index (χ2n) is 9.39. The van der Waals surface area contributed by atoms with Gasteiger partial charge in [0.05, 0.1) is 0 Å². The molecule has 1 N–H and O–H groups in total. The maximum absolute atomic E-state index is 13.0. The summed E-state index contributed by atoms with van der Waals surface area (Å²) in [5, 5.41) is 10.0. The number of carbonyl (C=O) groups is 2. The van der Waals surface area contributed by atoms with Gasteiger partial charge in [0.15, 0.2) is 0 Å². The Hall–Kier alpha value is -2.86. The van der Waals surface area contributed by atoms with E-state index in [1.165, 1.54) is 4.90 Å². The number of hydrogen-bond acceptors (Lipinski definition) is 4. The molecule has 4 rings (SSSR count). The summed E-state index contributed by atoms with van der Waals surface area (Å²) >= 11 is 0. The fourth-order valence-electron chi connectivity index (χ4n) is 5.18. The van der Waals surface area contributed by atoms with Gasteiger partial charge in [0.1, 0.15) is 12.1 Å². The molecule has 0 bridgehead atoms. The van der Waals surface area contributed by atoms with Gasteiger partial charge >= 0.3 is 12.1 Å². The molecule has 1 aliphatic heterocycles. The van der Waals surface area contributed by atoms with E-state index in [0.29, 0.717) is 31.8 Å². The van der Waals surface area contributed by atoms with Crippen LogP contribution < -0.4 is 0 Å². The number of likely N-dealkylation sites (tertiary alicyclic amines) is 1. The fourth-order valence-corrected chi connectivity index (χ4v) is 5.18. The Morgan fingerprint density at radius 3 is 2.09 bits per heavy atom. The van der Waals surface area contributed by atoms with Gasteiger partial charge in [-0.2, -0.15) is 0 Å². The summed E-state index contributed by atoms with van der Waals surface area (Å²) in [6.07, 6.45) is 0.220. The zero-order chi connectivity index (χ0) is 22.9. The summed E-state index contributed by atoms with van der Waals surface area (Å²) in [5.41, 5.74) is 3.38. The van der Waals surface area contributed by atoms with Gasteiger partial charge in [0.25, 0.3) is 0 Å². The average molecular weight is 437 g/mol. The Morgan fingerprint density at radius 1 is 1.06 bits per heavy atom. The standard InChI is InChI=1S/C26H32N2O4/c1-18(2)16-28-14-12-26(13-15-28,24(29)30)27(3)25(31)32-17-23-21-10-6-4-8-19(21)20-9-5-7-11-22(20)23/h4-11,18,23H,12-17H2,1-3H3,(H,29,30). The Morgan fingerprint density at radius 2 is 1.59 bits per heavy atom. The van der Waals surface area contributed by atoms with Crippen LogP contribution in [0.5, 0.6) is 0 Å². The maximum Gasteiger partial charge on any atom is 0.410 e. The molecule has 0 saturated carbocycles. The smallest absolute Gasteiger partial charge is 0.410 e. The summed E-state index contributed by atoms with van der Waals surface area (Å²) in [4.78, 5) is 28.9. The first-order valence-corrected chi connectivity index (χ1v) is 11.4. The molecule has 1 aliphatic carbocycles. The monoisotopic (exact) mass is 436 g/mol. The van der Waals surface area contributed by atoms with E-state index < -0.39 is 17.6 Å². The highest BCUT2D eigenvalue weighted by molar-refractivity contribution is 5.84. The van der Waals surface area contributed by atoms with E-state index in [2.05, 4.69) is 43.0 Å². The Kier molecular flexibility index (Phi) is 6.24. The molecule has 1 saturated heterocycles. The van der Waals surface area contributed by atoms with Crippen molar-refractivity contribution in [2.45, 2.75) is 38.1 Å². The number of piperidine rings is 1. The number of fused-ring (bicyclic) bond motifs is 3. The van der Waals surface area contributed by atoms with Gasteiger partial charge in [0, 0.05) is 32.6 Å². The molecule has 0 aromatic heterocycles. The van der Waals surface area contributed by atoms with Crippen LogP contribution in [-0.2, 0) is 9.53 Å². The van der Waals surface area contributed by atoms with Crippen LogP contribution in [0.4, 0.5) is 4.79 Å². The van der Waals surface area contributed by atoms with Gasteiger partial charge < -0.3 is 14.7 Å². The summed E-state index contributed by atoms with van der Waals surface area (Å²) in [5.74, 6) is -0.488. The number of amides is 1. The number of nitrogens with zero attached hydrogens (tertiary/aromatic N) is 2. The van der Waals surface area contributed by atoms with E-state index in [1.807, 2.05) is 24.3 Å². The van der Waals surface area contributed by atoms with Gasteiger partial charge in [-0.15, -0.1) is 0 Å². The quantitative estimate of drug-likeness (QED) is 0.725. The lowest BCUT2D eigenvalue weighted by molar-refractivity contribution is -0.153. The second kappa shape index (κ2) is 8.94. The third-order valence-electron chi connectivity index (χ3n) is 6.96. The molecule has 32 heavy (non-hydrogen) atoms. The molecule has 2 aliphatic rings. The third kappa shape index (κ3) is 3.99. The molecule has 2 aromatic rings. The maximum atomic E-state index is 13.0. The van der Waals surface area contributed by atoms with Crippen LogP contribution in [0, 0.1) is 5.92 Å². The first-order chi connectivity index (χ1) is 15.3. The van der Waals surface area contributed by atoms with Crippen LogP contribution in [0.3, 0.4) is 0 Å². The van der Waals surface area contributed by atoms with E-state index in [-0.39, 0.29) is 12.5 Å². The molecule has 170 valence electrons. The van der Waals surface area contributed by atoms with E-state index in [4.69, 9.17) is 4.74 Å². The zero-order valence-electron chi connectivity index (χ0n) is 19.1. The highest BCUT2D eigenvalue weighted by Crippen LogP contribution is 2.44. The molecule has 0 atom stereocenters. The lowest BCUT2D eigenvalue weighted by Gasteiger charge is -2.44. The van der Waals surface area contributed by atoms with Crippen molar-refractivity contribution in [3.8, 4) is 11.1 Å². The number of rotatable bonds is 6. The number of benzene rings is 2. The summed E-state index contributed by atoms with van der Waals surface area (Å²) in [6.45, 7) is 6.75. The Labute approximate surface area is 189 Å². The number of hydrogen-bond donors (Lipinski definition) is 1. The highest BCUT2D eigenvalue weighted by Gasteiger charge is 2.48. The van der Waals surface area contributed by atoms with Crippen LogP contribution in [0.15, 0.2) is 48.5 Å². The zero-order valence-corrected chi connectivity index (χ0v) is 19.1. The lowest BCUT2D eigenvalue weighted by atomic mass is 9.86. The van der Waals surface area contributed by atoms with Gasteiger partial charge in [-0.25, -0.2) is 9.59 Å². The van der Waals surface area contributed by atoms with Crippen molar-refractivity contribution >= 4 is 12.1 Å². The molecule has 0 spiro atoms. The SMILES string of the molecule is CC(C)CN1CCC(C(=O)O)(N(C)C(=O)OCC2c3ccccc3-c3ccccc32)CC1. The van der Waals surface area contributed by atoms with E-state index in [1.54, 1.807) is 7.05 Å². The number of aliphatic carboxylic acids is 1. The number of carbonyl (C=O) groups excluding carboxylic acids is 1. The van der Waals surface area contributed by atoms with Crippen LogP contribution in [0.1, 0.15) is 43.7 Å². The van der Waals surface area contributed by atoms with Crippen LogP contribution in [0.2, 0.25) is 0 Å². The van der Waals surface area contributed by atoms with Gasteiger partial charge in [-0.05, 0) is 41.0 Å². The predicted molar refractivity (Wildman–Crippen MR) is 124 cm³/mol. The molecule has 0 unspecified atom stereocenters. The molecular formula is C26H32N2O4. The highest BCUT2D eigenvalue weighted by atomic mass is 16.6. The number of ether oxygens (including phenoxy) is 1. The summed E-state index contributed by atoms with van der Waals surface area (Å²) in [7, 11) is 1.56. The molecule has 0 radical (unpaired) electrons. The van der Waals surface area contributed by atoms with Crippen molar-refractivity contribution in [2.75, 3.05) is 33.3 Å². The van der Waals surface area contributed by atoms with Crippen molar-refractivity contribution in [1.29, 1.82) is 0 Å². The average Bonchev–Trinajstić information content (AvgIpc) is 3.11. The molecule has 1 heterocycles. The minimum Gasteiger partial charge on any atom is -0.479 e. The first-order valence-electron chi connectivity index (χ1n) is 11.4. The number of carboxylic acids is 1. The van der Waals surface area contributed by atoms with E-state index in [9.17, 15) is 14.7 Å². The van der Waals surface area contributed by atoms with Crippen molar-refractivity contribution in [3.63, 3.8) is 0 Å². The minimum atomic E-state index is -1.23. The van der Waals surface area contributed by atoms with Gasteiger partial charge in [-0.1, -0.05) is 62.4 Å². The topological polar surface area (TPSA) is 70.1 Å². The fraction of sp³-hybridized carbons (Fsp3) is 0.462. The predicted octanol–water partition coefficient (Wildman–Crippen LogP) is 4.44. The first kappa shape index (κ1) is 22.3. The van der Waals surface area contributed by atoms with E-state index in [0.717, 1.165) is 28.8 Å². The van der Waals surface area contributed by atoms with Crippen molar-refractivity contribution in [3.05, 3.63) is 59.7 Å². The summed E-state index contributed by atoms with van der Waals surface area (Å²) in [6, 6.07) is 16.3. The molecule has 2 aromatic carbocycles. The molecule has 1 amide bonds. The summed E-state index contributed by atoms with van der Waals surface area (Å²) < 4.78 is 5.73. The third-order valence-corrected chi connectivity index (χ3v) is 6.96. The number of carboxylic acid groups (broad SMARTS) is 1. The Balaban J connectivity index is 1.46. The number of likely N-dealkylation sites (N-methyl/N-ethyl adjacent to an activating group) is 1. The lowest BCUT2D eigenvalue weighted by Crippen LogP contribution is -2.60. The van der Waals surface area contributed by atoms with Crippen molar-refractivity contribution < 1.29 is 19.4 Å². The molecular weight excluding hydrogens is 404 g/mol. The van der Waals surface area contributed by atoms with Crippen LogP contribution >= 0.6 is 0 Å².